The van der Waals surface area contributed by atoms with E-state index in [1.807, 2.05) is 26.2 Å². The fourth-order valence-corrected chi connectivity index (χ4v) is 3.52. The van der Waals surface area contributed by atoms with Crippen molar-refractivity contribution in [2.75, 3.05) is 18.5 Å². The summed E-state index contributed by atoms with van der Waals surface area (Å²) in [6.07, 6.45) is 1.96. The number of hydrogen-bond acceptors (Lipinski definition) is 4. The minimum Gasteiger partial charge on any atom is -0.397 e. The first-order valence-corrected chi connectivity index (χ1v) is 8.72. The third kappa shape index (κ3) is 3.87. The molecule has 0 amide bonds. The third-order valence-corrected chi connectivity index (χ3v) is 5.97. The molecule has 1 aromatic rings. The molecule has 6 heteroatoms. The number of nitrogen functional groups attached to an aromatic ring is 1. The largest absolute Gasteiger partial charge is 0.397 e. The van der Waals surface area contributed by atoms with Crippen molar-refractivity contribution < 1.29 is 8.42 Å². The van der Waals surface area contributed by atoms with Crippen molar-refractivity contribution >= 4 is 27.5 Å². The molecule has 0 spiro atoms. The Bertz CT molecular complexity index is 566. The van der Waals surface area contributed by atoms with Crippen LogP contribution in [0.4, 0.5) is 5.69 Å². The van der Waals surface area contributed by atoms with Gasteiger partial charge in [-0.05, 0) is 45.1 Å². The van der Waals surface area contributed by atoms with Gasteiger partial charge in [-0.2, -0.15) is 11.8 Å². The zero-order valence-corrected chi connectivity index (χ0v) is 13.7. The molecule has 3 N–H and O–H groups in total. The van der Waals surface area contributed by atoms with Crippen LogP contribution in [-0.2, 0) is 10.0 Å². The second-order valence-electron chi connectivity index (χ2n) is 5.23. The number of benzene rings is 1. The molecular formula is C13H22N2O2S2. The van der Waals surface area contributed by atoms with Gasteiger partial charge in [0.2, 0.25) is 10.0 Å². The molecule has 0 unspecified atom stereocenters. The summed E-state index contributed by atoms with van der Waals surface area (Å²) in [6.45, 7) is 7.91. The van der Waals surface area contributed by atoms with Crippen LogP contribution in [0, 0.1) is 13.8 Å². The number of nitrogens with two attached hydrogens (primary N) is 1. The van der Waals surface area contributed by atoms with Gasteiger partial charge in [0.05, 0.1) is 5.69 Å². The zero-order chi connectivity index (χ0) is 14.8. The first-order chi connectivity index (χ1) is 8.60. The summed E-state index contributed by atoms with van der Waals surface area (Å²) in [5, 5.41) is 0. The van der Waals surface area contributed by atoms with Crippen molar-refractivity contribution in [1.82, 2.24) is 4.72 Å². The highest BCUT2D eigenvalue weighted by Gasteiger charge is 2.24. The number of hydrogen-bond donors (Lipinski definition) is 2. The molecule has 0 aliphatic rings. The van der Waals surface area contributed by atoms with E-state index < -0.39 is 10.0 Å². The topological polar surface area (TPSA) is 72.2 Å². The number of thioether (sulfide) groups is 1. The summed E-state index contributed by atoms with van der Waals surface area (Å²) in [5.74, 6) is 0. The van der Waals surface area contributed by atoms with E-state index in [0.29, 0.717) is 17.8 Å². The number of rotatable bonds is 5. The summed E-state index contributed by atoms with van der Waals surface area (Å²) in [4.78, 5) is 0.199. The van der Waals surface area contributed by atoms with Crippen molar-refractivity contribution in [3.63, 3.8) is 0 Å². The smallest absolute Gasteiger partial charge is 0.242 e. The maximum absolute atomic E-state index is 12.4. The van der Waals surface area contributed by atoms with Crippen molar-refractivity contribution in [2.45, 2.75) is 37.3 Å². The van der Waals surface area contributed by atoms with Crippen LogP contribution in [0.2, 0.25) is 0 Å². The molecule has 0 heterocycles. The lowest BCUT2D eigenvalue weighted by Crippen LogP contribution is -2.36. The van der Waals surface area contributed by atoms with Gasteiger partial charge >= 0.3 is 0 Å². The molecule has 0 radical (unpaired) electrons. The molecule has 4 nitrogen and oxygen atoms in total. The lowest BCUT2D eigenvalue weighted by atomic mass is 10.1. The summed E-state index contributed by atoms with van der Waals surface area (Å²) in [5.41, 5.74) is 7.68. The minimum absolute atomic E-state index is 0.153. The molecule has 1 rings (SSSR count). The molecule has 0 aliphatic carbocycles. The fraction of sp³-hybridized carbons (Fsp3) is 0.538. The van der Waals surface area contributed by atoms with Gasteiger partial charge in [0, 0.05) is 11.3 Å². The first kappa shape index (κ1) is 16.3. The monoisotopic (exact) mass is 302 g/mol. The summed E-state index contributed by atoms with van der Waals surface area (Å²) in [7, 11) is -3.58. The van der Waals surface area contributed by atoms with E-state index in [4.69, 9.17) is 5.73 Å². The van der Waals surface area contributed by atoms with E-state index >= 15 is 0 Å². The van der Waals surface area contributed by atoms with Crippen LogP contribution in [0.5, 0.6) is 0 Å². The SMILES string of the molecule is CSC(C)(C)CNS(=O)(=O)c1c(C)ccc(C)c1N. The highest BCUT2D eigenvalue weighted by atomic mass is 32.2. The van der Waals surface area contributed by atoms with Gasteiger partial charge in [0.1, 0.15) is 4.90 Å². The van der Waals surface area contributed by atoms with Crippen molar-refractivity contribution in [3.05, 3.63) is 23.3 Å². The van der Waals surface area contributed by atoms with Crippen molar-refractivity contribution in [3.8, 4) is 0 Å². The Hall–Kier alpha value is -0.720. The molecule has 0 fully saturated rings. The molecule has 0 saturated carbocycles. The second kappa shape index (κ2) is 5.73. The predicted molar refractivity (Wildman–Crippen MR) is 83.1 cm³/mol. The van der Waals surface area contributed by atoms with Gasteiger partial charge in [-0.25, -0.2) is 13.1 Å². The normalized spacial score (nSPS) is 12.7. The van der Waals surface area contributed by atoms with E-state index in [1.165, 1.54) is 0 Å². The van der Waals surface area contributed by atoms with Crippen LogP contribution in [-0.4, -0.2) is 26.0 Å². The van der Waals surface area contributed by atoms with Crippen LogP contribution in [0.1, 0.15) is 25.0 Å². The van der Waals surface area contributed by atoms with Gasteiger partial charge in [0.15, 0.2) is 0 Å². The molecule has 0 saturated heterocycles. The Morgan fingerprint density at radius 3 is 2.32 bits per heavy atom. The van der Waals surface area contributed by atoms with Crippen LogP contribution < -0.4 is 10.5 Å². The number of anilines is 1. The number of sulfonamides is 1. The molecule has 0 atom stereocenters. The fourth-order valence-electron chi connectivity index (χ4n) is 1.58. The third-order valence-electron chi connectivity index (χ3n) is 3.12. The van der Waals surface area contributed by atoms with Crippen LogP contribution >= 0.6 is 11.8 Å². The Kier molecular flexibility index (Phi) is 4.92. The molecule has 1 aromatic carbocycles. The van der Waals surface area contributed by atoms with E-state index in [-0.39, 0.29) is 9.64 Å². The highest BCUT2D eigenvalue weighted by Crippen LogP contribution is 2.27. The average Bonchev–Trinajstić information content (AvgIpc) is 2.32. The van der Waals surface area contributed by atoms with Crippen LogP contribution in [0.3, 0.4) is 0 Å². The lowest BCUT2D eigenvalue weighted by Gasteiger charge is -2.23. The van der Waals surface area contributed by atoms with Crippen LogP contribution in [0.15, 0.2) is 17.0 Å². The second-order valence-corrected chi connectivity index (χ2v) is 8.45. The Labute approximate surface area is 120 Å². The quantitative estimate of drug-likeness (QED) is 0.819. The Balaban J connectivity index is 3.12. The maximum atomic E-state index is 12.4. The number of aryl methyl sites for hydroxylation is 2. The Morgan fingerprint density at radius 2 is 1.79 bits per heavy atom. The van der Waals surface area contributed by atoms with E-state index in [0.717, 1.165) is 5.56 Å². The van der Waals surface area contributed by atoms with Gasteiger partial charge < -0.3 is 5.73 Å². The predicted octanol–water partition coefficient (Wildman–Crippen LogP) is 2.31. The van der Waals surface area contributed by atoms with Gasteiger partial charge in [-0.15, -0.1) is 0 Å². The molecular weight excluding hydrogens is 280 g/mol. The molecule has 108 valence electrons. The van der Waals surface area contributed by atoms with Crippen molar-refractivity contribution in [1.29, 1.82) is 0 Å². The Morgan fingerprint density at radius 1 is 1.26 bits per heavy atom. The molecule has 19 heavy (non-hydrogen) atoms. The first-order valence-electron chi connectivity index (χ1n) is 6.01. The number of nitrogens with one attached hydrogen (secondary N) is 1. The van der Waals surface area contributed by atoms with Crippen molar-refractivity contribution in [2.24, 2.45) is 0 Å². The standard InChI is InChI=1S/C13H22N2O2S2/c1-9-6-7-10(2)12(11(9)14)19(16,17)15-8-13(3,4)18-5/h6-7,15H,8,14H2,1-5H3. The molecule has 0 aliphatic heterocycles. The summed E-state index contributed by atoms with van der Waals surface area (Å²) < 4.78 is 27.3. The van der Waals surface area contributed by atoms with E-state index in [1.54, 1.807) is 31.7 Å². The van der Waals surface area contributed by atoms with Crippen LogP contribution in [0.25, 0.3) is 0 Å². The average molecular weight is 302 g/mol. The zero-order valence-electron chi connectivity index (χ0n) is 12.1. The highest BCUT2D eigenvalue weighted by molar-refractivity contribution is 8.00. The molecule has 0 bridgehead atoms. The van der Waals surface area contributed by atoms with Gasteiger partial charge in [-0.3, -0.25) is 0 Å². The summed E-state index contributed by atoms with van der Waals surface area (Å²) >= 11 is 1.62. The minimum atomic E-state index is -3.58. The van der Waals surface area contributed by atoms with Gasteiger partial charge in [0.25, 0.3) is 0 Å². The van der Waals surface area contributed by atoms with E-state index in [2.05, 4.69) is 4.72 Å². The van der Waals surface area contributed by atoms with E-state index in [9.17, 15) is 8.42 Å². The maximum Gasteiger partial charge on any atom is 0.242 e. The van der Waals surface area contributed by atoms with Gasteiger partial charge in [-0.1, -0.05) is 12.1 Å². The lowest BCUT2D eigenvalue weighted by molar-refractivity contribution is 0.570. The molecule has 0 aromatic heterocycles. The summed E-state index contributed by atoms with van der Waals surface area (Å²) in [6, 6.07) is 3.61.